The molecule has 1 aromatic heterocycles. The van der Waals surface area contributed by atoms with Gasteiger partial charge in [-0.1, -0.05) is 12.1 Å². The minimum Gasteiger partial charge on any atom is -0.357 e. The number of halogens is 1. The van der Waals surface area contributed by atoms with Gasteiger partial charge in [-0.25, -0.2) is 4.39 Å². The number of aromatic nitrogens is 1. The van der Waals surface area contributed by atoms with Crippen LogP contribution in [-0.4, -0.2) is 52.8 Å². The number of carbonyl (C=O) groups excluding carboxylic acids is 2. The Labute approximate surface area is 133 Å². The van der Waals surface area contributed by atoms with E-state index in [-0.39, 0.29) is 17.4 Å². The number of rotatable bonds is 2. The van der Waals surface area contributed by atoms with Gasteiger partial charge in [0.2, 0.25) is 0 Å². The van der Waals surface area contributed by atoms with Gasteiger partial charge in [0, 0.05) is 32.4 Å². The van der Waals surface area contributed by atoms with Crippen molar-refractivity contribution in [3.63, 3.8) is 0 Å². The summed E-state index contributed by atoms with van der Waals surface area (Å²) in [5, 5.41) is 0. The average molecular weight is 315 g/mol. The number of nitrogens with zero attached hydrogens (tertiary/aromatic N) is 2. The van der Waals surface area contributed by atoms with Gasteiger partial charge in [0.25, 0.3) is 11.8 Å². The van der Waals surface area contributed by atoms with Gasteiger partial charge in [0.05, 0.1) is 5.56 Å². The lowest BCUT2D eigenvalue weighted by Crippen LogP contribution is -2.37. The van der Waals surface area contributed by atoms with Crippen LogP contribution in [0.1, 0.15) is 27.3 Å². The highest BCUT2D eigenvalue weighted by Gasteiger charge is 2.24. The van der Waals surface area contributed by atoms with E-state index in [1.54, 1.807) is 40.3 Å². The molecule has 2 amide bonds. The van der Waals surface area contributed by atoms with Crippen molar-refractivity contribution in [1.82, 2.24) is 14.8 Å². The van der Waals surface area contributed by atoms with Gasteiger partial charge >= 0.3 is 0 Å². The molecule has 0 radical (unpaired) electrons. The van der Waals surface area contributed by atoms with Crippen molar-refractivity contribution in [3.05, 3.63) is 59.7 Å². The van der Waals surface area contributed by atoms with E-state index < -0.39 is 5.82 Å². The normalized spacial score (nSPS) is 15.3. The Bertz CT molecular complexity index is 700. The molecule has 0 saturated carbocycles. The predicted molar refractivity (Wildman–Crippen MR) is 83.6 cm³/mol. The third kappa shape index (κ3) is 3.26. The molecule has 0 unspecified atom stereocenters. The van der Waals surface area contributed by atoms with Gasteiger partial charge in [-0.15, -0.1) is 0 Å². The summed E-state index contributed by atoms with van der Waals surface area (Å²) in [6.45, 7) is 1.94. The third-order valence-electron chi connectivity index (χ3n) is 4.00. The van der Waals surface area contributed by atoms with Crippen molar-refractivity contribution in [1.29, 1.82) is 0 Å². The number of hydrogen-bond acceptors (Lipinski definition) is 2. The molecule has 2 aromatic rings. The molecule has 3 rings (SSSR count). The fourth-order valence-electron chi connectivity index (χ4n) is 2.76. The van der Waals surface area contributed by atoms with E-state index in [1.807, 2.05) is 0 Å². The molecule has 2 heterocycles. The zero-order valence-electron chi connectivity index (χ0n) is 12.7. The predicted octanol–water partition coefficient (Wildman–Crippen LogP) is 2.14. The molecule has 1 saturated heterocycles. The maximum Gasteiger partial charge on any atom is 0.270 e. The molecule has 0 aliphatic carbocycles. The van der Waals surface area contributed by atoms with Crippen LogP contribution in [0, 0.1) is 5.82 Å². The van der Waals surface area contributed by atoms with Crippen LogP contribution in [-0.2, 0) is 0 Å². The van der Waals surface area contributed by atoms with E-state index in [1.165, 1.54) is 12.1 Å². The van der Waals surface area contributed by atoms with Crippen molar-refractivity contribution in [2.45, 2.75) is 6.42 Å². The molecule has 23 heavy (non-hydrogen) atoms. The molecule has 5 nitrogen and oxygen atoms in total. The molecule has 120 valence electrons. The Kier molecular flexibility index (Phi) is 4.41. The molecule has 0 bridgehead atoms. The van der Waals surface area contributed by atoms with Crippen molar-refractivity contribution in [2.24, 2.45) is 0 Å². The van der Waals surface area contributed by atoms with E-state index in [4.69, 9.17) is 0 Å². The largest absolute Gasteiger partial charge is 0.357 e. The monoisotopic (exact) mass is 315 g/mol. The third-order valence-corrected chi connectivity index (χ3v) is 4.00. The topological polar surface area (TPSA) is 56.4 Å². The van der Waals surface area contributed by atoms with Crippen molar-refractivity contribution < 1.29 is 14.0 Å². The fraction of sp³-hybridized carbons (Fsp3) is 0.294. The standard InChI is InChI=1S/C17H18FN3O2/c18-14-6-2-1-5-13(14)16(22)20-9-4-10-21(12-11-20)17(23)15-7-3-8-19-15/h1-3,5-8,19H,4,9-12H2. The van der Waals surface area contributed by atoms with Crippen LogP contribution in [0.2, 0.25) is 0 Å². The Hall–Kier alpha value is -2.63. The molecular formula is C17H18FN3O2. The highest BCUT2D eigenvalue weighted by atomic mass is 19.1. The summed E-state index contributed by atoms with van der Waals surface area (Å²) in [6.07, 6.45) is 2.38. The van der Waals surface area contributed by atoms with Gasteiger partial charge in [0.15, 0.2) is 0 Å². The van der Waals surface area contributed by atoms with Crippen molar-refractivity contribution in [3.8, 4) is 0 Å². The Morgan fingerprint density at radius 2 is 1.61 bits per heavy atom. The number of amides is 2. The van der Waals surface area contributed by atoms with Crippen LogP contribution in [0.15, 0.2) is 42.6 Å². The molecule has 6 heteroatoms. The zero-order valence-corrected chi connectivity index (χ0v) is 12.7. The molecule has 1 aliphatic rings. The minimum atomic E-state index is -0.513. The molecule has 1 aliphatic heterocycles. The van der Waals surface area contributed by atoms with Crippen LogP contribution in [0.5, 0.6) is 0 Å². The number of hydrogen-bond donors (Lipinski definition) is 1. The van der Waals surface area contributed by atoms with Crippen molar-refractivity contribution >= 4 is 11.8 Å². The van der Waals surface area contributed by atoms with Crippen LogP contribution in [0.25, 0.3) is 0 Å². The summed E-state index contributed by atoms with van der Waals surface area (Å²) in [5.41, 5.74) is 0.621. The summed E-state index contributed by atoms with van der Waals surface area (Å²) < 4.78 is 13.8. The number of H-pyrrole nitrogens is 1. The van der Waals surface area contributed by atoms with E-state index in [0.29, 0.717) is 38.3 Å². The Morgan fingerprint density at radius 1 is 0.913 bits per heavy atom. The first kappa shape index (κ1) is 15.3. The second kappa shape index (κ2) is 6.64. The summed E-state index contributed by atoms with van der Waals surface area (Å²) in [6, 6.07) is 9.49. The second-order valence-electron chi connectivity index (χ2n) is 5.50. The van der Waals surface area contributed by atoms with Gasteiger partial charge < -0.3 is 14.8 Å². The smallest absolute Gasteiger partial charge is 0.270 e. The SMILES string of the molecule is O=C(c1ccc[nH]1)N1CCCN(C(=O)c2ccccc2F)CC1. The molecule has 0 atom stereocenters. The van der Waals surface area contributed by atoms with Gasteiger partial charge in [0.1, 0.15) is 11.5 Å². The second-order valence-corrected chi connectivity index (χ2v) is 5.50. The van der Waals surface area contributed by atoms with E-state index in [0.717, 1.165) is 0 Å². The van der Waals surface area contributed by atoms with Crippen LogP contribution < -0.4 is 0 Å². The quantitative estimate of drug-likeness (QED) is 0.923. The lowest BCUT2D eigenvalue weighted by Gasteiger charge is -2.22. The maximum atomic E-state index is 13.8. The average Bonchev–Trinajstić information content (AvgIpc) is 2.98. The van der Waals surface area contributed by atoms with Gasteiger partial charge in [-0.2, -0.15) is 0 Å². The number of nitrogens with one attached hydrogen (secondary N) is 1. The van der Waals surface area contributed by atoms with E-state index in [2.05, 4.69) is 4.98 Å². The first-order valence-corrected chi connectivity index (χ1v) is 7.63. The molecular weight excluding hydrogens is 297 g/mol. The summed E-state index contributed by atoms with van der Waals surface area (Å²) in [5.74, 6) is -0.909. The van der Waals surface area contributed by atoms with E-state index >= 15 is 0 Å². The Morgan fingerprint density at radius 3 is 2.26 bits per heavy atom. The van der Waals surface area contributed by atoms with Gasteiger partial charge in [-0.3, -0.25) is 9.59 Å². The zero-order chi connectivity index (χ0) is 16.2. The fourth-order valence-corrected chi connectivity index (χ4v) is 2.76. The van der Waals surface area contributed by atoms with Crippen LogP contribution in [0.3, 0.4) is 0 Å². The maximum absolute atomic E-state index is 13.8. The summed E-state index contributed by atoms with van der Waals surface area (Å²) in [4.78, 5) is 31.0. The van der Waals surface area contributed by atoms with Crippen LogP contribution in [0.4, 0.5) is 4.39 Å². The summed E-state index contributed by atoms with van der Waals surface area (Å²) >= 11 is 0. The number of carbonyl (C=O) groups is 2. The lowest BCUT2D eigenvalue weighted by molar-refractivity contribution is 0.0713. The minimum absolute atomic E-state index is 0.0739. The highest BCUT2D eigenvalue weighted by molar-refractivity contribution is 5.95. The van der Waals surface area contributed by atoms with E-state index in [9.17, 15) is 14.0 Å². The highest BCUT2D eigenvalue weighted by Crippen LogP contribution is 2.13. The first-order chi connectivity index (χ1) is 11.2. The molecule has 1 N–H and O–H groups in total. The van der Waals surface area contributed by atoms with Gasteiger partial charge in [-0.05, 0) is 30.7 Å². The lowest BCUT2D eigenvalue weighted by atomic mass is 10.2. The molecule has 1 aromatic carbocycles. The number of benzene rings is 1. The first-order valence-electron chi connectivity index (χ1n) is 7.63. The summed E-state index contributed by atoms with van der Waals surface area (Å²) in [7, 11) is 0. The Balaban J connectivity index is 1.68. The number of aromatic amines is 1. The van der Waals surface area contributed by atoms with Crippen molar-refractivity contribution in [2.75, 3.05) is 26.2 Å². The molecule has 0 spiro atoms. The van der Waals surface area contributed by atoms with Crippen LogP contribution >= 0.6 is 0 Å². The molecule has 1 fully saturated rings.